The van der Waals surface area contributed by atoms with E-state index in [1.165, 1.54) is 12.0 Å². The Labute approximate surface area is 234 Å². The van der Waals surface area contributed by atoms with Gasteiger partial charge in [0.2, 0.25) is 0 Å². The molecule has 0 aliphatic carbocycles. The third-order valence-corrected chi connectivity index (χ3v) is 6.79. The Hall–Kier alpha value is -4.46. The Balaban J connectivity index is 1.79. The van der Waals surface area contributed by atoms with E-state index < -0.39 is 17.7 Å². The van der Waals surface area contributed by atoms with Crippen LogP contribution in [0, 0.1) is 12.8 Å². The van der Waals surface area contributed by atoms with E-state index in [1.807, 2.05) is 13.0 Å². The lowest BCUT2D eigenvalue weighted by molar-refractivity contribution is -0.140. The fraction of sp³-hybridized carbons (Fsp3) is 0.312. The minimum absolute atomic E-state index is 0.0193. The molecule has 1 amide bonds. The molecular formula is C32H35NO7. The van der Waals surface area contributed by atoms with Crippen molar-refractivity contribution in [1.82, 2.24) is 4.90 Å². The maximum Gasteiger partial charge on any atom is 0.295 e. The van der Waals surface area contributed by atoms with E-state index in [0.29, 0.717) is 46.6 Å². The summed E-state index contributed by atoms with van der Waals surface area (Å²) >= 11 is 0. The summed E-state index contributed by atoms with van der Waals surface area (Å²) in [5, 5.41) is 11.5. The number of benzene rings is 3. The van der Waals surface area contributed by atoms with Crippen molar-refractivity contribution in [3.8, 4) is 23.0 Å². The standard InChI is InChI=1S/C32H35NO7/c1-19(2)18-40-25-14-10-23(15-20(25)3)30(34)28-29(22-8-11-24(37-4)12-9-22)33(32(36)31(28)35)17-21-7-13-26(38-5)27(16-21)39-6/h7-16,19,29,34H,17-18H2,1-6H3/b30-28-. The number of hydrogen-bond acceptors (Lipinski definition) is 7. The van der Waals surface area contributed by atoms with Gasteiger partial charge in [-0.05, 0) is 72.0 Å². The highest BCUT2D eigenvalue weighted by Gasteiger charge is 2.46. The summed E-state index contributed by atoms with van der Waals surface area (Å²) in [4.78, 5) is 28.4. The summed E-state index contributed by atoms with van der Waals surface area (Å²) in [6.07, 6.45) is 0. The Morgan fingerprint density at radius 3 is 2.15 bits per heavy atom. The van der Waals surface area contributed by atoms with Gasteiger partial charge >= 0.3 is 0 Å². The SMILES string of the molecule is COc1ccc(C2/C(=C(/O)c3ccc(OCC(C)C)c(C)c3)C(=O)C(=O)N2Cc2ccc(OC)c(OC)c2)cc1. The molecule has 0 radical (unpaired) electrons. The number of hydrogen-bond donors (Lipinski definition) is 1. The zero-order valence-electron chi connectivity index (χ0n) is 23.7. The monoisotopic (exact) mass is 545 g/mol. The van der Waals surface area contributed by atoms with Crippen LogP contribution >= 0.6 is 0 Å². The van der Waals surface area contributed by atoms with Gasteiger partial charge in [-0.15, -0.1) is 0 Å². The lowest BCUT2D eigenvalue weighted by Crippen LogP contribution is -2.29. The Bertz CT molecular complexity index is 1430. The van der Waals surface area contributed by atoms with Crippen molar-refractivity contribution >= 4 is 17.4 Å². The van der Waals surface area contributed by atoms with Crippen LogP contribution < -0.4 is 18.9 Å². The molecule has 8 nitrogen and oxygen atoms in total. The number of aryl methyl sites for hydroxylation is 1. The van der Waals surface area contributed by atoms with Crippen LogP contribution in [0.2, 0.25) is 0 Å². The molecule has 1 fully saturated rings. The predicted molar refractivity (Wildman–Crippen MR) is 152 cm³/mol. The topological polar surface area (TPSA) is 94.5 Å². The van der Waals surface area contributed by atoms with Crippen molar-refractivity contribution in [2.24, 2.45) is 5.92 Å². The molecule has 210 valence electrons. The molecule has 0 aromatic heterocycles. The highest BCUT2D eigenvalue weighted by Crippen LogP contribution is 2.41. The highest BCUT2D eigenvalue weighted by molar-refractivity contribution is 6.46. The number of aliphatic hydroxyl groups is 1. The molecule has 8 heteroatoms. The smallest absolute Gasteiger partial charge is 0.295 e. The average molecular weight is 546 g/mol. The molecule has 0 spiro atoms. The van der Waals surface area contributed by atoms with Gasteiger partial charge in [-0.3, -0.25) is 9.59 Å². The van der Waals surface area contributed by atoms with Crippen molar-refractivity contribution in [3.05, 3.63) is 88.5 Å². The minimum Gasteiger partial charge on any atom is -0.507 e. The number of aliphatic hydroxyl groups excluding tert-OH is 1. The number of methoxy groups -OCH3 is 3. The predicted octanol–water partition coefficient (Wildman–Crippen LogP) is 5.68. The molecule has 1 atom stereocenters. The van der Waals surface area contributed by atoms with Crippen LogP contribution in [0.5, 0.6) is 23.0 Å². The number of amides is 1. The zero-order chi connectivity index (χ0) is 29.0. The van der Waals surface area contributed by atoms with Gasteiger partial charge in [-0.1, -0.05) is 32.0 Å². The molecule has 1 saturated heterocycles. The van der Waals surface area contributed by atoms with Crippen molar-refractivity contribution in [3.63, 3.8) is 0 Å². The number of ketones is 1. The van der Waals surface area contributed by atoms with Crippen molar-refractivity contribution in [2.45, 2.75) is 33.4 Å². The lowest BCUT2D eigenvalue weighted by Gasteiger charge is -2.26. The van der Waals surface area contributed by atoms with Crippen molar-refractivity contribution < 1.29 is 33.6 Å². The van der Waals surface area contributed by atoms with Crippen molar-refractivity contribution in [2.75, 3.05) is 27.9 Å². The van der Waals surface area contributed by atoms with Crippen LogP contribution in [0.3, 0.4) is 0 Å². The van der Waals surface area contributed by atoms with Crippen LogP contribution in [-0.2, 0) is 16.1 Å². The maximum absolute atomic E-state index is 13.5. The van der Waals surface area contributed by atoms with E-state index in [-0.39, 0.29) is 17.9 Å². The second-order valence-corrected chi connectivity index (χ2v) is 10.1. The number of rotatable bonds is 10. The summed E-state index contributed by atoms with van der Waals surface area (Å²) in [5.74, 6) is 1.05. The Morgan fingerprint density at radius 1 is 0.875 bits per heavy atom. The van der Waals surface area contributed by atoms with E-state index in [2.05, 4.69) is 13.8 Å². The first-order valence-corrected chi connectivity index (χ1v) is 13.1. The van der Waals surface area contributed by atoms with Crippen LogP contribution in [-0.4, -0.2) is 49.6 Å². The molecule has 1 unspecified atom stereocenters. The van der Waals surface area contributed by atoms with Gasteiger partial charge < -0.3 is 29.0 Å². The van der Waals surface area contributed by atoms with Crippen LogP contribution in [0.1, 0.15) is 42.1 Å². The molecule has 1 heterocycles. The molecule has 0 bridgehead atoms. The average Bonchev–Trinajstić information content (AvgIpc) is 3.20. The summed E-state index contributed by atoms with van der Waals surface area (Å²) < 4.78 is 21.9. The first-order chi connectivity index (χ1) is 19.2. The fourth-order valence-corrected chi connectivity index (χ4v) is 4.72. The van der Waals surface area contributed by atoms with Gasteiger partial charge in [-0.25, -0.2) is 0 Å². The number of carbonyl (C=O) groups excluding carboxylic acids is 2. The van der Waals surface area contributed by atoms with Crippen LogP contribution in [0.15, 0.2) is 66.2 Å². The lowest BCUT2D eigenvalue weighted by atomic mass is 9.94. The van der Waals surface area contributed by atoms with E-state index in [9.17, 15) is 14.7 Å². The number of nitrogens with zero attached hydrogens (tertiary/aromatic N) is 1. The second-order valence-electron chi connectivity index (χ2n) is 10.1. The maximum atomic E-state index is 13.5. The van der Waals surface area contributed by atoms with Gasteiger partial charge in [0.15, 0.2) is 11.5 Å². The van der Waals surface area contributed by atoms with Crippen LogP contribution in [0.25, 0.3) is 5.76 Å². The summed E-state index contributed by atoms with van der Waals surface area (Å²) in [6.45, 7) is 6.68. The molecule has 0 saturated carbocycles. The molecule has 40 heavy (non-hydrogen) atoms. The number of Topliss-reactive ketones (excluding diaryl/α,β-unsaturated/α-hetero) is 1. The summed E-state index contributed by atoms with van der Waals surface area (Å²) in [6, 6.07) is 16.8. The zero-order valence-corrected chi connectivity index (χ0v) is 23.7. The Kier molecular flexibility index (Phi) is 8.67. The van der Waals surface area contributed by atoms with Crippen molar-refractivity contribution in [1.29, 1.82) is 0 Å². The fourth-order valence-electron chi connectivity index (χ4n) is 4.72. The van der Waals surface area contributed by atoms with E-state index in [0.717, 1.165) is 11.1 Å². The normalized spacial score (nSPS) is 16.4. The van der Waals surface area contributed by atoms with Gasteiger partial charge in [0, 0.05) is 12.1 Å². The third kappa shape index (κ3) is 5.76. The largest absolute Gasteiger partial charge is 0.507 e. The highest BCUT2D eigenvalue weighted by atomic mass is 16.5. The first kappa shape index (κ1) is 28.5. The molecule has 1 aliphatic rings. The summed E-state index contributed by atoms with van der Waals surface area (Å²) in [7, 11) is 4.64. The quantitative estimate of drug-likeness (QED) is 0.199. The van der Waals surface area contributed by atoms with E-state index in [1.54, 1.807) is 68.8 Å². The summed E-state index contributed by atoms with van der Waals surface area (Å²) in [5.41, 5.74) is 2.66. The Morgan fingerprint density at radius 2 is 1.55 bits per heavy atom. The minimum atomic E-state index is -0.823. The molecule has 4 rings (SSSR count). The van der Waals surface area contributed by atoms with Gasteiger partial charge in [0.25, 0.3) is 11.7 Å². The first-order valence-electron chi connectivity index (χ1n) is 13.1. The van der Waals surface area contributed by atoms with E-state index in [4.69, 9.17) is 18.9 Å². The molecule has 3 aromatic rings. The van der Waals surface area contributed by atoms with Gasteiger partial charge in [0.1, 0.15) is 17.3 Å². The second kappa shape index (κ2) is 12.2. The number of likely N-dealkylation sites (tertiary alicyclic amines) is 1. The van der Waals surface area contributed by atoms with E-state index >= 15 is 0 Å². The molecule has 1 N–H and O–H groups in total. The molecule has 3 aromatic carbocycles. The molecular weight excluding hydrogens is 510 g/mol. The number of carbonyl (C=O) groups is 2. The number of ether oxygens (including phenoxy) is 4. The van der Waals surface area contributed by atoms with Gasteiger partial charge in [-0.2, -0.15) is 0 Å². The third-order valence-electron chi connectivity index (χ3n) is 6.79. The molecule has 1 aliphatic heterocycles. The van der Waals surface area contributed by atoms with Crippen LogP contribution in [0.4, 0.5) is 0 Å². The van der Waals surface area contributed by atoms with Gasteiger partial charge in [0.05, 0.1) is 39.6 Å².